The SMILES string of the molecule is C=CCC(CO)CC(N)CO. The Morgan fingerprint density at radius 3 is 2.36 bits per heavy atom. The van der Waals surface area contributed by atoms with Gasteiger partial charge in [-0.2, -0.15) is 0 Å². The summed E-state index contributed by atoms with van der Waals surface area (Å²) in [5, 5.41) is 17.4. The maximum Gasteiger partial charge on any atom is 0.0582 e. The Labute approximate surface area is 67.5 Å². The maximum atomic E-state index is 8.82. The van der Waals surface area contributed by atoms with E-state index >= 15 is 0 Å². The van der Waals surface area contributed by atoms with Crippen LogP contribution in [0.5, 0.6) is 0 Å². The minimum Gasteiger partial charge on any atom is -0.396 e. The summed E-state index contributed by atoms with van der Waals surface area (Å²) in [6.45, 7) is 3.66. The number of nitrogens with two attached hydrogens (primary N) is 1. The maximum absolute atomic E-state index is 8.82. The molecule has 2 unspecified atom stereocenters. The summed E-state index contributed by atoms with van der Waals surface area (Å²) < 4.78 is 0. The van der Waals surface area contributed by atoms with E-state index in [0.717, 1.165) is 6.42 Å². The van der Waals surface area contributed by atoms with Gasteiger partial charge < -0.3 is 15.9 Å². The summed E-state index contributed by atoms with van der Waals surface area (Å²) in [5.41, 5.74) is 5.48. The zero-order valence-electron chi connectivity index (χ0n) is 6.74. The van der Waals surface area contributed by atoms with Crippen LogP contribution in [0, 0.1) is 5.92 Å². The lowest BCUT2D eigenvalue weighted by atomic mass is 9.98. The number of hydrogen-bond acceptors (Lipinski definition) is 3. The van der Waals surface area contributed by atoms with Gasteiger partial charge in [-0.05, 0) is 18.8 Å². The number of aliphatic hydroxyl groups is 2. The van der Waals surface area contributed by atoms with Crippen molar-refractivity contribution in [2.75, 3.05) is 13.2 Å². The first-order chi connectivity index (χ1) is 5.24. The van der Waals surface area contributed by atoms with Crippen LogP contribution in [-0.4, -0.2) is 29.5 Å². The van der Waals surface area contributed by atoms with Crippen molar-refractivity contribution in [2.45, 2.75) is 18.9 Å². The lowest BCUT2D eigenvalue weighted by Crippen LogP contribution is -2.28. The van der Waals surface area contributed by atoms with Crippen LogP contribution in [0.15, 0.2) is 12.7 Å². The van der Waals surface area contributed by atoms with E-state index in [1.165, 1.54) is 0 Å². The molecule has 0 spiro atoms. The Morgan fingerprint density at radius 2 is 2.00 bits per heavy atom. The molecule has 3 heteroatoms. The van der Waals surface area contributed by atoms with Gasteiger partial charge in [-0.1, -0.05) is 6.08 Å². The van der Waals surface area contributed by atoms with Gasteiger partial charge in [0.2, 0.25) is 0 Å². The van der Waals surface area contributed by atoms with Crippen LogP contribution in [0.4, 0.5) is 0 Å². The summed E-state index contributed by atoms with van der Waals surface area (Å²) in [6, 6.07) is -0.216. The number of hydrogen-bond donors (Lipinski definition) is 3. The van der Waals surface area contributed by atoms with Gasteiger partial charge in [0.15, 0.2) is 0 Å². The van der Waals surface area contributed by atoms with Gasteiger partial charge in [0.25, 0.3) is 0 Å². The molecule has 4 N–H and O–H groups in total. The summed E-state index contributed by atoms with van der Waals surface area (Å²) in [7, 11) is 0. The molecule has 0 rings (SSSR count). The molecular weight excluding hydrogens is 142 g/mol. The van der Waals surface area contributed by atoms with Crippen LogP contribution in [-0.2, 0) is 0 Å². The van der Waals surface area contributed by atoms with E-state index in [2.05, 4.69) is 6.58 Å². The molecule has 0 aromatic carbocycles. The van der Waals surface area contributed by atoms with E-state index in [9.17, 15) is 0 Å². The van der Waals surface area contributed by atoms with Crippen molar-refractivity contribution in [2.24, 2.45) is 11.7 Å². The van der Waals surface area contributed by atoms with Crippen molar-refractivity contribution >= 4 is 0 Å². The fourth-order valence-electron chi connectivity index (χ4n) is 0.984. The standard InChI is InChI=1S/C8H17NO2/c1-2-3-7(5-10)4-8(9)6-11/h2,7-8,10-11H,1,3-6,9H2. The number of rotatable bonds is 6. The molecule has 0 fully saturated rings. The zero-order valence-corrected chi connectivity index (χ0v) is 6.74. The van der Waals surface area contributed by atoms with Crippen LogP contribution < -0.4 is 5.73 Å². The highest BCUT2D eigenvalue weighted by Gasteiger charge is 2.09. The van der Waals surface area contributed by atoms with E-state index in [-0.39, 0.29) is 25.2 Å². The highest BCUT2D eigenvalue weighted by atomic mass is 16.3. The van der Waals surface area contributed by atoms with Gasteiger partial charge in [-0.25, -0.2) is 0 Å². The Bertz CT molecular complexity index is 106. The Kier molecular flexibility index (Phi) is 6.12. The molecule has 3 nitrogen and oxygen atoms in total. The topological polar surface area (TPSA) is 66.5 Å². The molecule has 0 saturated carbocycles. The summed E-state index contributed by atoms with van der Waals surface area (Å²) in [4.78, 5) is 0. The van der Waals surface area contributed by atoms with Crippen molar-refractivity contribution < 1.29 is 10.2 Å². The van der Waals surface area contributed by atoms with Crippen molar-refractivity contribution in [1.82, 2.24) is 0 Å². The fourth-order valence-corrected chi connectivity index (χ4v) is 0.984. The smallest absolute Gasteiger partial charge is 0.0582 e. The minimum absolute atomic E-state index is 0.0202. The quantitative estimate of drug-likeness (QED) is 0.473. The van der Waals surface area contributed by atoms with Crippen molar-refractivity contribution in [1.29, 1.82) is 0 Å². The molecule has 66 valence electrons. The Balaban J connectivity index is 3.57. The van der Waals surface area contributed by atoms with Crippen LogP contribution in [0.1, 0.15) is 12.8 Å². The van der Waals surface area contributed by atoms with Gasteiger partial charge >= 0.3 is 0 Å². The van der Waals surface area contributed by atoms with Gasteiger partial charge in [-0.3, -0.25) is 0 Å². The van der Waals surface area contributed by atoms with Crippen molar-refractivity contribution in [3.8, 4) is 0 Å². The molecule has 0 aliphatic heterocycles. The molecule has 0 aliphatic rings. The largest absolute Gasteiger partial charge is 0.396 e. The molecule has 11 heavy (non-hydrogen) atoms. The highest BCUT2D eigenvalue weighted by Crippen LogP contribution is 2.09. The molecule has 0 amide bonds. The molecule has 0 aliphatic carbocycles. The van der Waals surface area contributed by atoms with E-state index in [1.807, 2.05) is 0 Å². The summed E-state index contributed by atoms with van der Waals surface area (Å²) in [5.74, 6) is 0.148. The van der Waals surface area contributed by atoms with Crippen LogP contribution in [0.2, 0.25) is 0 Å². The third kappa shape index (κ3) is 4.95. The molecule has 0 saturated heterocycles. The lowest BCUT2D eigenvalue weighted by Gasteiger charge is -2.15. The first-order valence-electron chi connectivity index (χ1n) is 3.82. The van der Waals surface area contributed by atoms with E-state index < -0.39 is 0 Å². The first kappa shape index (κ1) is 10.6. The molecule has 0 heterocycles. The average Bonchev–Trinajstić information content (AvgIpc) is 2.03. The van der Waals surface area contributed by atoms with E-state index in [0.29, 0.717) is 6.42 Å². The molecule has 2 atom stereocenters. The predicted octanol–water partition coefficient (Wildman–Crippen LogP) is -0.119. The average molecular weight is 159 g/mol. The molecule has 0 aromatic heterocycles. The van der Waals surface area contributed by atoms with Gasteiger partial charge in [0.1, 0.15) is 0 Å². The normalized spacial score (nSPS) is 15.9. The molecule has 0 aromatic rings. The number of allylic oxidation sites excluding steroid dienone is 1. The Morgan fingerprint density at radius 1 is 1.36 bits per heavy atom. The van der Waals surface area contributed by atoms with Gasteiger partial charge in [0, 0.05) is 12.6 Å². The van der Waals surface area contributed by atoms with Crippen LogP contribution >= 0.6 is 0 Å². The van der Waals surface area contributed by atoms with Crippen molar-refractivity contribution in [3.63, 3.8) is 0 Å². The fraction of sp³-hybridized carbons (Fsp3) is 0.750. The highest BCUT2D eigenvalue weighted by molar-refractivity contribution is 4.75. The summed E-state index contributed by atoms with van der Waals surface area (Å²) >= 11 is 0. The van der Waals surface area contributed by atoms with Crippen molar-refractivity contribution in [3.05, 3.63) is 12.7 Å². The second-order valence-electron chi connectivity index (χ2n) is 2.75. The molecule has 0 radical (unpaired) electrons. The molecule has 0 bridgehead atoms. The predicted molar refractivity (Wildman–Crippen MR) is 45.1 cm³/mol. The van der Waals surface area contributed by atoms with Crippen LogP contribution in [0.25, 0.3) is 0 Å². The summed E-state index contributed by atoms with van der Waals surface area (Å²) in [6.07, 6.45) is 3.16. The van der Waals surface area contributed by atoms with Crippen LogP contribution in [0.3, 0.4) is 0 Å². The van der Waals surface area contributed by atoms with Gasteiger partial charge in [-0.15, -0.1) is 6.58 Å². The monoisotopic (exact) mass is 159 g/mol. The van der Waals surface area contributed by atoms with E-state index in [1.54, 1.807) is 6.08 Å². The number of aliphatic hydroxyl groups excluding tert-OH is 2. The lowest BCUT2D eigenvalue weighted by molar-refractivity contribution is 0.189. The Hall–Kier alpha value is -0.380. The second-order valence-corrected chi connectivity index (χ2v) is 2.75. The second kappa shape index (κ2) is 6.34. The minimum atomic E-state index is -0.216. The van der Waals surface area contributed by atoms with E-state index in [4.69, 9.17) is 15.9 Å². The van der Waals surface area contributed by atoms with Gasteiger partial charge in [0.05, 0.1) is 6.61 Å². The zero-order chi connectivity index (χ0) is 8.69. The first-order valence-corrected chi connectivity index (χ1v) is 3.82. The third-order valence-electron chi connectivity index (χ3n) is 1.63. The molecular formula is C8H17NO2. The third-order valence-corrected chi connectivity index (χ3v) is 1.63.